The lowest BCUT2D eigenvalue weighted by atomic mass is 9.87. The highest BCUT2D eigenvalue weighted by Gasteiger charge is 2.43. The highest BCUT2D eigenvalue weighted by molar-refractivity contribution is 5.86. The molecule has 3 rings (SSSR count). The van der Waals surface area contributed by atoms with Gasteiger partial charge < -0.3 is 4.90 Å². The second-order valence-electron chi connectivity index (χ2n) is 6.93. The van der Waals surface area contributed by atoms with Gasteiger partial charge >= 0.3 is 6.18 Å². The van der Waals surface area contributed by atoms with E-state index in [0.717, 1.165) is 4.90 Å². The molecule has 7 heteroatoms. The lowest BCUT2D eigenvalue weighted by Crippen LogP contribution is -2.50. The van der Waals surface area contributed by atoms with Crippen molar-refractivity contribution in [2.45, 2.75) is 31.5 Å². The molecular formula is C21H18F4N2O. The summed E-state index contributed by atoms with van der Waals surface area (Å²) in [4.78, 5) is 16.9. The van der Waals surface area contributed by atoms with Gasteiger partial charge in [-0.2, -0.15) is 13.2 Å². The third-order valence-corrected chi connectivity index (χ3v) is 4.62. The van der Waals surface area contributed by atoms with Crippen molar-refractivity contribution in [1.82, 2.24) is 4.98 Å². The van der Waals surface area contributed by atoms with Gasteiger partial charge in [0.2, 0.25) is 6.41 Å². The van der Waals surface area contributed by atoms with Gasteiger partial charge in [0.1, 0.15) is 11.3 Å². The smallest absolute Gasteiger partial charge is 0.307 e. The minimum absolute atomic E-state index is 0.00667. The molecule has 0 radical (unpaired) electrons. The van der Waals surface area contributed by atoms with E-state index in [4.69, 9.17) is 0 Å². The van der Waals surface area contributed by atoms with Crippen molar-refractivity contribution in [1.29, 1.82) is 0 Å². The van der Waals surface area contributed by atoms with E-state index in [2.05, 4.69) is 4.98 Å². The molecule has 0 N–H and O–H groups in total. The summed E-state index contributed by atoms with van der Waals surface area (Å²) in [7, 11) is 0. The second kappa shape index (κ2) is 7.58. The highest BCUT2D eigenvalue weighted by Crippen LogP contribution is 2.36. The molecule has 1 atom stereocenters. The van der Waals surface area contributed by atoms with Gasteiger partial charge in [-0.05, 0) is 31.0 Å². The maximum Gasteiger partial charge on any atom is 0.391 e. The summed E-state index contributed by atoms with van der Waals surface area (Å²) in [6.07, 6.45) is -4.10. The van der Waals surface area contributed by atoms with Crippen molar-refractivity contribution in [3.63, 3.8) is 0 Å². The number of fused-ring (bicyclic) bond motifs is 1. The Morgan fingerprint density at radius 3 is 2.43 bits per heavy atom. The molecule has 0 spiro atoms. The van der Waals surface area contributed by atoms with Crippen molar-refractivity contribution in [3.8, 4) is 0 Å². The number of para-hydroxylation sites is 1. The van der Waals surface area contributed by atoms with Crippen LogP contribution in [0, 0.1) is 5.82 Å². The zero-order chi connectivity index (χ0) is 20.4. The molecule has 146 valence electrons. The third-order valence-electron chi connectivity index (χ3n) is 4.62. The van der Waals surface area contributed by atoms with E-state index in [1.807, 2.05) is 0 Å². The van der Waals surface area contributed by atoms with Gasteiger partial charge in [-0.1, -0.05) is 42.5 Å². The van der Waals surface area contributed by atoms with E-state index in [9.17, 15) is 22.4 Å². The number of nitrogens with zero attached hydrogens (tertiary/aromatic N) is 2. The van der Waals surface area contributed by atoms with Gasteiger partial charge in [-0.15, -0.1) is 0 Å². The predicted molar refractivity (Wildman–Crippen MR) is 99.5 cm³/mol. The van der Waals surface area contributed by atoms with E-state index in [1.54, 1.807) is 36.4 Å². The Morgan fingerprint density at radius 1 is 1.07 bits per heavy atom. The van der Waals surface area contributed by atoms with Gasteiger partial charge in [-0.25, -0.2) is 4.39 Å². The van der Waals surface area contributed by atoms with Crippen LogP contribution in [0.5, 0.6) is 0 Å². The Morgan fingerprint density at radius 2 is 1.79 bits per heavy atom. The zero-order valence-electron chi connectivity index (χ0n) is 15.1. The maximum absolute atomic E-state index is 13.9. The summed E-state index contributed by atoms with van der Waals surface area (Å²) < 4.78 is 53.9. The minimum atomic E-state index is -4.48. The molecule has 0 aliphatic rings. The molecule has 2 aromatic carbocycles. The summed E-state index contributed by atoms with van der Waals surface area (Å²) >= 11 is 0. The zero-order valence-corrected chi connectivity index (χ0v) is 15.1. The topological polar surface area (TPSA) is 33.2 Å². The number of benzene rings is 2. The first-order valence-electron chi connectivity index (χ1n) is 8.61. The van der Waals surface area contributed by atoms with Crippen LogP contribution in [0.1, 0.15) is 18.9 Å². The third kappa shape index (κ3) is 4.30. The molecule has 3 nitrogen and oxygen atoms in total. The van der Waals surface area contributed by atoms with E-state index in [-0.39, 0.29) is 17.6 Å². The molecule has 0 unspecified atom stereocenters. The molecule has 0 fully saturated rings. The molecule has 1 aromatic heterocycles. The molecule has 0 bridgehead atoms. The van der Waals surface area contributed by atoms with Crippen LogP contribution < -0.4 is 4.90 Å². The van der Waals surface area contributed by atoms with Gasteiger partial charge in [0.25, 0.3) is 0 Å². The van der Waals surface area contributed by atoms with Crippen LogP contribution in [0.3, 0.4) is 0 Å². The van der Waals surface area contributed by atoms with Crippen LogP contribution in [0.25, 0.3) is 10.9 Å². The average molecular weight is 390 g/mol. The molecule has 3 aromatic rings. The van der Waals surface area contributed by atoms with E-state index in [1.165, 1.54) is 31.3 Å². The first kappa shape index (κ1) is 19.8. The summed E-state index contributed by atoms with van der Waals surface area (Å²) in [6, 6.07) is 14.4. The van der Waals surface area contributed by atoms with Crippen molar-refractivity contribution in [3.05, 3.63) is 72.2 Å². The lowest BCUT2D eigenvalue weighted by Gasteiger charge is -2.39. The Kier molecular flexibility index (Phi) is 5.36. The highest BCUT2D eigenvalue weighted by atomic mass is 19.4. The minimum Gasteiger partial charge on any atom is -0.307 e. The number of anilines is 1. The molecule has 1 heterocycles. The first-order chi connectivity index (χ1) is 13.2. The van der Waals surface area contributed by atoms with Crippen molar-refractivity contribution < 1.29 is 22.4 Å². The van der Waals surface area contributed by atoms with E-state index in [0.29, 0.717) is 17.4 Å². The molecule has 0 saturated carbocycles. The normalized spacial score (nSPS) is 13.9. The maximum atomic E-state index is 13.9. The van der Waals surface area contributed by atoms with Crippen LogP contribution in [0.15, 0.2) is 60.8 Å². The van der Waals surface area contributed by atoms with Crippen LogP contribution in [-0.4, -0.2) is 23.1 Å². The Bertz CT molecular complexity index is 975. The second-order valence-corrected chi connectivity index (χ2v) is 6.93. The molecule has 28 heavy (non-hydrogen) atoms. The average Bonchev–Trinajstić information content (AvgIpc) is 2.61. The Hall–Kier alpha value is -2.96. The number of carbonyl (C=O) groups is 1. The Balaban J connectivity index is 2.07. The van der Waals surface area contributed by atoms with Gasteiger partial charge in [0.15, 0.2) is 0 Å². The van der Waals surface area contributed by atoms with Crippen molar-refractivity contribution in [2.75, 3.05) is 4.90 Å². The number of aromatic nitrogens is 1. The van der Waals surface area contributed by atoms with Gasteiger partial charge in [-0.3, -0.25) is 9.78 Å². The number of carbonyl (C=O) groups excluding carboxylic acids is 1. The summed E-state index contributed by atoms with van der Waals surface area (Å²) in [6.45, 7) is 1.39. The standard InChI is InChI=1S/C21H18F4N2O/c1-20(13-21(23,24)25,11-15-6-3-2-4-7-15)27(14-28)17-10-16-8-5-9-18(22)19(16)26-12-17/h2-10,12,14H,11,13H2,1H3/t20-/m0/s1. The van der Waals surface area contributed by atoms with E-state index >= 15 is 0 Å². The monoisotopic (exact) mass is 390 g/mol. The van der Waals surface area contributed by atoms with Gasteiger partial charge in [0, 0.05) is 5.39 Å². The number of hydrogen-bond donors (Lipinski definition) is 0. The number of hydrogen-bond acceptors (Lipinski definition) is 2. The molecule has 0 aliphatic carbocycles. The van der Waals surface area contributed by atoms with Gasteiger partial charge in [0.05, 0.1) is 23.8 Å². The molecule has 0 aliphatic heterocycles. The van der Waals surface area contributed by atoms with E-state index < -0.39 is 24.0 Å². The summed E-state index contributed by atoms with van der Waals surface area (Å²) in [5, 5.41) is 0.401. The van der Waals surface area contributed by atoms with Crippen molar-refractivity contribution in [2.24, 2.45) is 0 Å². The number of halogens is 4. The SMILES string of the molecule is C[C@](Cc1ccccc1)(CC(F)(F)F)N(C=O)c1cnc2c(F)cccc2c1. The first-order valence-corrected chi connectivity index (χ1v) is 8.61. The van der Waals surface area contributed by atoms with Crippen LogP contribution >= 0.6 is 0 Å². The van der Waals surface area contributed by atoms with Crippen LogP contribution in [-0.2, 0) is 11.2 Å². The summed E-state index contributed by atoms with van der Waals surface area (Å²) in [5.74, 6) is -0.538. The molecule has 0 saturated heterocycles. The number of alkyl halides is 3. The number of rotatable bonds is 6. The number of pyridine rings is 1. The molecular weight excluding hydrogens is 372 g/mol. The lowest BCUT2D eigenvalue weighted by molar-refractivity contribution is -0.146. The Labute approximate surface area is 159 Å². The summed E-state index contributed by atoms with van der Waals surface area (Å²) in [5.41, 5.74) is -0.640. The number of amides is 1. The quantitative estimate of drug-likeness (QED) is 0.423. The largest absolute Gasteiger partial charge is 0.391 e. The predicted octanol–water partition coefficient (Wildman–Crippen LogP) is 5.29. The van der Waals surface area contributed by atoms with Crippen molar-refractivity contribution >= 4 is 23.0 Å². The fraction of sp³-hybridized carbons (Fsp3) is 0.238. The van der Waals surface area contributed by atoms with Crippen LogP contribution in [0.4, 0.5) is 23.2 Å². The fourth-order valence-corrected chi connectivity index (χ4v) is 3.44. The fourth-order valence-electron chi connectivity index (χ4n) is 3.44. The molecule has 1 amide bonds. The van der Waals surface area contributed by atoms with Crippen LogP contribution in [0.2, 0.25) is 0 Å².